The van der Waals surface area contributed by atoms with E-state index < -0.39 is 0 Å². The van der Waals surface area contributed by atoms with Gasteiger partial charge in [0.05, 0.1) is 0 Å². The highest BCUT2D eigenvalue weighted by atomic mass is 32.1. The van der Waals surface area contributed by atoms with Crippen LogP contribution >= 0.6 is 11.5 Å². The lowest BCUT2D eigenvalue weighted by molar-refractivity contribution is -0.121. The van der Waals surface area contributed by atoms with Crippen molar-refractivity contribution >= 4 is 22.6 Å². The van der Waals surface area contributed by atoms with Crippen molar-refractivity contribution in [2.75, 3.05) is 11.9 Å². The number of aromatic nitrogens is 2. The third-order valence-electron chi connectivity index (χ3n) is 1.45. The molecule has 0 aliphatic rings. The fraction of sp³-hybridized carbons (Fsp3) is 0.571. The maximum absolute atomic E-state index is 11.3. The highest BCUT2D eigenvalue weighted by Gasteiger charge is 2.11. The molecule has 2 N–H and O–H groups in total. The van der Waals surface area contributed by atoms with Crippen LogP contribution in [-0.4, -0.2) is 27.9 Å². The average Bonchev–Trinajstić information content (AvgIpc) is 2.57. The molecule has 5 nitrogen and oxygen atoms in total. The van der Waals surface area contributed by atoms with Gasteiger partial charge in [0, 0.05) is 18.1 Å². The van der Waals surface area contributed by atoms with Crippen molar-refractivity contribution in [3.63, 3.8) is 0 Å². The molecule has 0 spiro atoms. The summed E-state index contributed by atoms with van der Waals surface area (Å²) in [5.74, 6) is -0.0299. The first-order valence-electron chi connectivity index (χ1n) is 4.05. The predicted octanol–water partition coefficient (Wildman–Crippen LogP) is 0.475. The van der Waals surface area contributed by atoms with Gasteiger partial charge < -0.3 is 10.6 Å². The summed E-state index contributed by atoms with van der Waals surface area (Å²) in [6, 6.07) is -0.270. The van der Waals surface area contributed by atoms with E-state index in [1.165, 1.54) is 17.9 Å². The van der Waals surface area contributed by atoms with E-state index in [1.807, 2.05) is 6.92 Å². The molecule has 0 fully saturated rings. The Balaban J connectivity index is 2.41. The number of rotatable bonds is 4. The summed E-state index contributed by atoms with van der Waals surface area (Å²) < 4.78 is 3.82. The van der Waals surface area contributed by atoms with Crippen LogP contribution in [0.5, 0.6) is 0 Å². The van der Waals surface area contributed by atoms with Crippen molar-refractivity contribution in [1.82, 2.24) is 14.7 Å². The molecular weight excluding hydrogens is 188 g/mol. The number of nitrogens with one attached hydrogen (secondary N) is 2. The zero-order valence-electron chi connectivity index (χ0n) is 7.57. The van der Waals surface area contributed by atoms with Crippen LogP contribution in [0.15, 0.2) is 6.33 Å². The zero-order chi connectivity index (χ0) is 9.68. The first-order valence-corrected chi connectivity index (χ1v) is 4.82. The Labute approximate surface area is 80.7 Å². The zero-order valence-corrected chi connectivity index (χ0v) is 8.39. The smallest absolute Gasteiger partial charge is 0.242 e. The summed E-state index contributed by atoms with van der Waals surface area (Å²) in [5.41, 5.74) is 0. The highest BCUT2D eigenvalue weighted by molar-refractivity contribution is 7.09. The second-order valence-electron chi connectivity index (χ2n) is 2.51. The van der Waals surface area contributed by atoms with Crippen LogP contribution in [0.2, 0.25) is 0 Å². The van der Waals surface area contributed by atoms with E-state index in [9.17, 15) is 4.79 Å². The molecule has 1 atom stereocenters. The Morgan fingerprint density at radius 1 is 1.77 bits per heavy atom. The van der Waals surface area contributed by atoms with Gasteiger partial charge in [-0.25, -0.2) is 4.98 Å². The van der Waals surface area contributed by atoms with Crippen LogP contribution in [0, 0.1) is 0 Å². The standard InChI is InChI=1S/C7H12N4OS/c1-3-8-6(12)5(2)11-7-9-4-10-13-7/h4-5H,3H2,1-2H3,(H,8,12)(H,9,10,11). The van der Waals surface area contributed by atoms with Crippen LogP contribution in [0.4, 0.5) is 5.13 Å². The second kappa shape index (κ2) is 4.76. The van der Waals surface area contributed by atoms with Crippen LogP contribution < -0.4 is 10.6 Å². The van der Waals surface area contributed by atoms with Crippen LogP contribution in [0.1, 0.15) is 13.8 Å². The molecule has 0 aromatic carbocycles. The molecule has 1 rings (SSSR count). The number of likely N-dealkylation sites (N-methyl/N-ethyl adjacent to an activating group) is 1. The number of anilines is 1. The van der Waals surface area contributed by atoms with E-state index in [2.05, 4.69) is 20.0 Å². The lowest BCUT2D eigenvalue weighted by Gasteiger charge is -2.11. The fourth-order valence-corrected chi connectivity index (χ4v) is 1.33. The van der Waals surface area contributed by atoms with Crippen LogP contribution in [-0.2, 0) is 4.79 Å². The molecule has 0 bridgehead atoms. The van der Waals surface area contributed by atoms with Gasteiger partial charge in [-0.2, -0.15) is 4.37 Å². The molecule has 13 heavy (non-hydrogen) atoms. The van der Waals surface area contributed by atoms with Crippen molar-refractivity contribution in [3.8, 4) is 0 Å². The monoisotopic (exact) mass is 200 g/mol. The van der Waals surface area contributed by atoms with Gasteiger partial charge >= 0.3 is 0 Å². The molecule has 6 heteroatoms. The minimum Gasteiger partial charge on any atom is -0.355 e. The Bertz CT molecular complexity index is 261. The van der Waals surface area contributed by atoms with Crippen molar-refractivity contribution in [1.29, 1.82) is 0 Å². The summed E-state index contributed by atoms with van der Waals surface area (Å²) in [7, 11) is 0. The lowest BCUT2D eigenvalue weighted by Crippen LogP contribution is -2.37. The van der Waals surface area contributed by atoms with Gasteiger partial charge in [0.15, 0.2) is 0 Å². The Kier molecular flexibility index (Phi) is 3.63. The first-order chi connectivity index (χ1) is 6.24. The van der Waals surface area contributed by atoms with Gasteiger partial charge in [-0.1, -0.05) is 0 Å². The van der Waals surface area contributed by atoms with E-state index in [4.69, 9.17) is 0 Å². The molecule has 1 amide bonds. The third kappa shape index (κ3) is 2.98. The highest BCUT2D eigenvalue weighted by Crippen LogP contribution is 2.07. The van der Waals surface area contributed by atoms with Crippen molar-refractivity contribution in [2.24, 2.45) is 0 Å². The molecule has 1 aromatic heterocycles. The Morgan fingerprint density at radius 2 is 2.54 bits per heavy atom. The maximum atomic E-state index is 11.3. The van der Waals surface area contributed by atoms with Crippen LogP contribution in [0.25, 0.3) is 0 Å². The molecule has 0 radical (unpaired) electrons. The molecule has 1 aromatic rings. The number of hydrogen-bond acceptors (Lipinski definition) is 5. The molecule has 0 saturated heterocycles. The molecule has 0 aliphatic carbocycles. The number of amides is 1. The SMILES string of the molecule is CCNC(=O)C(C)Nc1ncns1. The van der Waals surface area contributed by atoms with E-state index in [0.29, 0.717) is 11.7 Å². The van der Waals surface area contributed by atoms with Crippen LogP contribution in [0.3, 0.4) is 0 Å². The maximum Gasteiger partial charge on any atom is 0.242 e. The second-order valence-corrected chi connectivity index (χ2v) is 3.29. The number of nitrogens with zero attached hydrogens (tertiary/aromatic N) is 2. The number of hydrogen-bond donors (Lipinski definition) is 2. The summed E-state index contributed by atoms with van der Waals surface area (Å²) in [4.78, 5) is 15.2. The fourth-order valence-electron chi connectivity index (χ4n) is 0.815. The van der Waals surface area contributed by atoms with Gasteiger partial charge in [0.1, 0.15) is 12.4 Å². The third-order valence-corrected chi connectivity index (χ3v) is 2.04. The largest absolute Gasteiger partial charge is 0.355 e. The van der Waals surface area contributed by atoms with Gasteiger partial charge in [-0.3, -0.25) is 4.79 Å². The van der Waals surface area contributed by atoms with E-state index >= 15 is 0 Å². The minimum atomic E-state index is -0.270. The van der Waals surface area contributed by atoms with Gasteiger partial charge in [0.25, 0.3) is 0 Å². The molecule has 1 heterocycles. The van der Waals surface area contributed by atoms with E-state index in [0.717, 1.165) is 0 Å². The van der Waals surface area contributed by atoms with Crippen molar-refractivity contribution in [3.05, 3.63) is 6.33 Å². The number of carbonyl (C=O) groups is 1. The summed E-state index contributed by atoms with van der Waals surface area (Å²) in [6.45, 7) is 4.31. The number of carbonyl (C=O) groups excluding carboxylic acids is 1. The van der Waals surface area contributed by atoms with Crippen molar-refractivity contribution < 1.29 is 4.79 Å². The van der Waals surface area contributed by atoms with Gasteiger partial charge in [0.2, 0.25) is 11.0 Å². The summed E-state index contributed by atoms with van der Waals surface area (Å²) >= 11 is 1.23. The predicted molar refractivity (Wildman–Crippen MR) is 51.7 cm³/mol. The normalized spacial score (nSPS) is 12.2. The Hall–Kier alpha value is -1.17. The topological polar surface area (TPSA) is 66.9 Å². The lowest BCUT2D eigenvalue weighted by atomic mass is 10.3. The van der Waals surface area contributed by atoms with Gasteiger partial charge in [-0.05, 0) is 13.8 Å². The van der Waals surface area contributed by atoms with Crippen molar-refractivity contribution in [2.45, 2.75) is 19.9 Å². The first kappa shape index (κ1) is 9.91. The van der Waals surface area contributed by atoms with E-state index in [-0.39, 0.29) is 11.9 Å². The summed E-state index contributed by atoms with van der Waals surface area (Å²) in [5, 5.41) is 6.32. The Morgan fingerprint density at radius 3 is 3.08 bits per heavy atom. The van der Waals surface area contributed by atoms with E-state index in [1.54, 1.807) is 6.92 Å². The summed E-state index contributed by atoms with van der Waals surface area (Å²) in [6.07, 6.45) is 1.46. The molecule has 1 unspecified atom stereocenters. The molecule has 72 valence electrons. The molecular formula is C7H12N4OS. The average molecular weight is 200 g/mol. The minimum absolute atomic E-state index is 0.0299. The molecule has 0 saturated carbocycles. The molecule has 0 aliphatic heterocycles. The quantitative estimate of drug-likeness (QED) is 0.741. The van der Waals surface area contributed by atoms with Gasteiger partial charge in [-0.15, -0.1) is 0 Å².